The zero-order valence-corrected chi connectivity index (χ0v) is 18.7. The number of esters is 2. The Balaban J connectivity index is 5.11. The zero-order valence-electron chi connectivity index (χ0n) is 17.0. The lowest BCUT2D eigenvalue weighted by atomic mass is 9.90. The number of carbonyl (C=O) groups is 2. The molecule has 0 aromatic rings. The fourth-order valence-electron chi connectivity index (χ4n) is 2.10. The minimum absolute atomic E-state index is 0.0606. The highest BCUT2D eigenvalue weighted by atomic mass is 32.1. The number of carbonyl (C=O) groups excluding carboxylic acids is 2. The third kappa shape index (κ3) is 11.4. The minimum atomic E-state index is -1.27. The average molecular weight is 459 g/mol. The van der Waals surface area contributed by atoms with Gasteiger partial charge in [0, 0.05) is 10.5 Å². The van der Waals surface area contributed by atoms with Gasteiger partial charge in [0.05, 0.1) is 63.3 Å². The van der Waals surface area contributed by atoms with E-state index in [4.69, 9.17) is 14.2 Å². The van der Waals surface area contributed by atoms with Crippen molar-refractivity contribution in [1.82, 2.24) is 0 Å². The number of hydrogen-bond donors (Lipinski definition) is 6. The number of rotatable bonds is 16. The number of ether oxygens (including phenoxy) is 3. The molecule has 11 heteroatoms. The van der Waals surface area contributed by atoms with Crippen molar-refractivity contribution in [2.45, 2.75) is 37.2 Å². The Bertz CT molecular complexity index is 448. The van der Waals surface area contributed by atoms with Crippen LogP contribution in [0.4, 0.5) is 0 Å². The van der Waals surface area contributed by atoms with Crippen molar-refractivity contribution < 1.29 is 44.2 Å². The second-order valence-electron chi connectivity index (χ2n) is 7.55. The summed E-state index contributed by atoms with van der Waals surface area (Å²) in [5.74, 6) is -1.06. The largest absolute Gasteiger partial charge is 0.465 e. The topological polar surface area (TPSA) is 143 Å². The predicted octanol–water partition coefficient (Wildman–Crippen LogP) is -0.552. The summed E-state index contributed by atoms with van der Waals surface area (Å²) in [7, 11) is 0. The van der Waals surface area contributed by atoms with Gasteiger partial charge in [0.1, 0.15) is 13.2 Å². The van der Waals surface area contributed by atoms with Crippen LogP contribution in [0.5, 0.6) is 0 Å². The van der Waals surface area contributed by atoms with Crippen LogP contribution < -0.4 is 0 Å². The summed E-state index contributed by atoms with van der Waals surface area (Å²) in [6.45, 7) is 0.386. The Morgan fingerprint density at radius 2 is 1.07 bits per heavy atom. The quantitative estimate of drug-likeness (QED) is 0.133. The van der Waals surface area contributed by atoms with Crippen LogP contribution in [0, 0.1) is 10.8 Å². The Labute approximate surface area is 182 Å². The van der Waals surface area contributed by atoms with Crippen molar-refractivity contribution in [1.29, 1.82) is 0 Å². The fraction of sp³-hybridized carbons (Fsp3) is 0.889. The molecule has 0 bridgehead atoms. The molecule has 0 saturated heterocycles. The van der Waals surface area contributed by atoms with Crippen LogP contribution in [-0.2, 0) is 23.8 Å². The van der Waals surface area contributed by atoms with Crippen molar-refractivity contribution in [2.24, 2.45) is 10.8 Å². The van der Waals surface area contributed by atoms with Gasteiger partial charge in [-0.05, 0) is 0 Å². The summed E-state index contributed by atoms with van der Waals surface area (Å²) in [5, 5.41) is 37.6. The first-order chi connectivity index (χ1) is 13.6. The molecule has 0 rings (SSSR count). The van der Waals surface area contributed by atoms with E-state index >= 15 is 0 Å². The molecule has 0 aliphatic rings. The summed E-state index contributed by atoms with van der Waals surface area (Å²) >= 11 is 8.25. The number of aliphatic hydroxyl groups is 4. The van der Waals surface area contributed by atoms with Gasteiger partial charge in [0.2, 0.25) is 0 Å². The van der Waals surface area contributed by atoms with E-state index in [2.05, 4.69) is 25.3 Å². The monoisotopic (exact) mass is 458 g/mol. The number of aliphatic hydroxyl groups excluding tert-OH is 4. The molecule has 0 fully saturated rings. The predicted molar refractivity (Wildman–Crippen MR) is 112 cm³/mol. The highest BCUT2D eigenvalue weighted by molar-refractivity contribution is 7.81. The molecular weight excluding hydrogens is 424 g/mol. The van der Waals surface area contributed by atoms with E-state index in [1.807, 2.05) is 0 Å². The van der Waals surface area contributed by atoms with E-state index < -0.39 is 49.2 Å². The van der Waals surface area contributed by atoms with Gasteiger partial charge in [-0.25, -0.2) is 0 Å². The summed E-state index contributed by atoms with van der Waals surface area (Å²) < 4.78 is 15.9. The van der Waals surface area contributed by atoms with Crippen molar-refractivity contribution in [3.05, 3.63) is 0 Å². The SMILES string of the molecule is CC(S)CC(=O)OCC(CO)(COCC(CO)(CO)CO)COC(=O)CC(C)S. The van der Waals surface area contributed by atoms with E-state index in [9.17, 15) is 30.0 Å². The number of hydrogen-bond acceptors (Lipinski definition) is 11. The van der Waals surface area contributed by atoms with Crippen molar-refractivity contribution in [3.63, 3.8) is 0 Å². The second kappa shape index (κ2) is 14.4. The molecule has 0 spiro atoms. The highest BCUT2D eigenvalue weighted by Crippen LogP contribution is 2.23. The molecule has 2 atom stereocenters. The Hall–Kier alpha value is -0.560. The van der Waals surface area contributed by atoms with Gasteiger partial charge in [-0.15, -0.1) is 0 Å². The van der Waals surface area contributed by atoms with Crippen molar-refractivity contribution >= 4 is 37.2 Å². The van der Waals surface area contributed by atoms with Gasteiger partial charge >= 0.3 is 11.9 Å². The summed E-state index contributed by atoms with van der Waals surface area (Å²) in [5.41, 5.74) is -2.52. The first kappa shape index (κ1) is 28.4. The molecular formula is C18H34O9S2. The maximum atomic E-state index is 11.9. The third-order valence-corrected chi connectivity index (χ3v) is 4.53. The smallest absolute Gasteiger partial charge is 0.306 e. The first-order valence-corrected chi connectivity index (χ1v) is 10.3. The van der Waals surface area contributed by atoms with E-state index in [1.54, 1.807) is 13.8 Å². The minimum Gasteiger partial charge on any atom is -0.465 e. The molecule has 0 aromatic carbocycles. The molecule has 9 nitrogen and oxygen atoms in total. The van der Waals surface area contributed by atoms with Gasteiger partial charge < -0.3 is 34.6 Å². The average Bonchev–Trinajstić information content (AvgIpc) is 2.66. The van der Waals surface area contributed by atoms with Crippen LogP contribution >= 0.6 is 25.3 Å². The number of thiol groups is 2. The first-order valence-electron chi connectivity index (χ1n) is 9.26. The molecule has 0 amide bonds. The second-order valence-corrected chi connectivity index (χ2v) is 9.32. The van der Waals surface area contributed by atoms with Gasteiger partial charge in [-0.3, -0.25) is 9.59 Å². The molecule has 0 aromatic heterocycles. The Morgan fingerprint density at radius 3 is 1.38 bits per heavy atom. The molecule has 4 N–H and O–H groups in total. The summed E-state index contributed by atoms with van der Waals surface area (Å²) in [4.78, 5) is 23.7. The van der Waals surface area contributed by atoms with E-state index in [0.717, 1.165) is 0 Å². The van der Waals surface area contributed by atoms with Gasteiger partial charge in [0.25, 0.3) is 0 Å². The molecule has 2 unspecified atom stereocenters. The lowest BCUT2D eigenvalue weighted by Gasteiger charge is -2.33. The Kier molecular flexibility index (Phi) is 14.2. The van der Waals surface area contributed by atoms with Crippen LogP contribution in [0.25, 0.3) is 0 Å². The third-order valence-electron chi connectivity index (χ3n) is 4.16. The summed E-state index contributed by atoms with van der Waals surface area (Å²) in [6.07, 6.45) is 0.121. The normalized spacial score (nSPS) is 16.0. The molecule has 0 radical (unpaired) electrons. The lowest BCUT2D eigenvalue weighted by Crippen LogP contribution is -2.45. The molecule has 0 heterocycles. The fourth-order valence-corrected chi connectivity index (χ4v) is 2.40. The molecule has 29 heavy (non-hydrogen) atoms. The summed E-state index contributed by atoms with van der Waals surface area (Å²) in [6, 6.07) is 0. The highest BCUT2D eigenvalue weighted by Gasteiger charge is 2.36. The molecule has 0 aliphatic carbocycles. The maximum absolute atomic E-state index is 11.9. The molecule has 0 saturated carbocycles. The standard InChI is InChI=1S/C18H34O9S2/c1-13(28)3-15(23)26-11-18(8-22,12-27-16(24)4-14(2)29)10-25-9-17(5-19,6-20)7-21/h13-14,19-22,28-29H,3-12H2,1-2H3. The van der Waals surface area contributed by atoms with Gasteiger partial charge in [-0.2, -0.15) is 25.3 Å². The van der Waals surface area contributed by atoms with Crippen LogP contribution in [0.1, 0.15) is 26.7 Å². The van der Waals surface area contributed by atoms with Crippen molar-refractivity contribution in [3.8, 4) is 0 Å². The van der Waals surface area contributed by atoms with Gasteiger partial charge in [-0.1, -0.05) is 13.8 Å². The van der Waals surface area contributed by atoms with E-state index in [1.165, 1.54) is 0 Å². The Morgan fingerprint density at radius 1 is 0.724 bits per heavy atom. The maximum Gasteiger partial charge on any atom is 0.306 e. The van der Waals surface area contributed by atoms with Crippen molar-refractivity contribution in [2.75, 3.05) is 52.9 Å². The van der Waals surface area contributed by atoms with Crippen LogP contribution in [0.3, 0.4) is 0 Å². The van der Waals surface area contributed by atoms with Crippen LogP contribution in [0.15, 0.2) is 0 Å². The molecule has 172 valence electrons. The molecule has 0 aliphatic heterocycles. The van der Waals surface area contributed by atoms with E-state index in [0.29, 0.717) is 0 Å². The van der Waals surface area contributed by atoms with E-state index in [-0.39, 0.29) is 49.8 Å². The van der Waals surface area contributed by atoms with Crippen LogP contribution in [0.2, 0.25) is 0 Å². The van der Waals surface area contributed by atoms with Crippen LogP contribution in [-0.4, -0.2) is 95.7 Å². The zero-order chi connectivity index (χ0) is 22.5. The lowest BCUT2D eigenvalue weighted by molar-refractivity contribution is -0.163. The van der Waals surface area contributed by atoms with Gasteiger partial charge in [0.15, 0.2) is 0 Å².